The number of hydrogen-bond donors (Lipinski definition) is 0. The summed E-state index contributed by atoms with van der Waals surface area (Å²) in [6.07, 6.45) is 3.08. The van der Waals surface area contributed by atoms with E-state index in [9.17, 15) is 0 Å². The first kappa shape index (κ1) is 10.0. The molecule has 0 heterocycles. The summed E-state index contributed by atoms with van der Waals surface area (Å²) in [5.74, 6) is 0. The van der Waals surface area contributed by atoms with Gasteiger partial charge < -0.3 is 4.74 Å². The topological polar surface area (TPSA) is 9.23 Å². The lowest BCUT2D eigenvalue weighted by Gasteiger charge is -2.31. The zero-order chi connectivity index (χ0) is 9.41. The minimum absolute atomic E-state index is 0.379. The highest BCUT2D eigenvalue weighted by molar-refractivity contribution is 5.01. The number of rotatable bonds is 3. The molecule has 1 saturated carbocycles. The third-order valence-electron chi connectivity index (χ3n) is 3.14. The molecule has 0 atom stereocenters. The third-order valence-corrected chi connectivity index (χ3v) is 3.14. The largest absolute Gasteiger partial charge is 0.378 e. The lowest BCUT2D eigenvalue weighted by atomic mass is 9.78. The second-order valence-electron chi connectivity index (χ2n) is 5.39. The Morgan fingerprint density at radius 3 is 2.00 bits per heavy atom. The molecule has 0 radical (unpaired) electrons. The Morgan fingerprint density at radius 2 is 1.75 bits per heavy atom. The van der Waals surface area contributed by atoms with Crippen molar-refractivity contribution in [3.05, 3.63) is 0 Å². The molecule has 0 N–H and O–H groups in total. The molecule has 1 aliphatic carbocycles. The van der Waals surface area contributed by atoms with Crippen LogP contribution in [0.15, 0.2) is 0 Å². The van der Waals surface area contributed by atoms with Crippen LogP contribution in [0.3, 0.4) is 0 Å². The van der Waals surface area contributed by atoms with Crippen molar-refractivity contribution in [1.82, 2.24) is 0 Å². The molecule has 0 aromatic carbocycles. The van der Waals surface area contributed by atoms with Gasteiger partial charge in [-0.2, -0.15) is 0 Å². The minimum Gasteiger partial charge on any atom is -0.378 e. The fourth-order valence-corrected chi connectivity index (χ4v) is 1.59. The standard InChI is InChI=1S/C11H22O/c1-9(2)12-8-11(6-7-11)10(3,4)5/h9H,6-8H2,1-5H3. The second-order valence-corrected chi connectivity index (χ2v) is 5.39. The normalized spacial score (nSPS) is 21.5. The maximum absolute atomic E-state index is 5.70. The number of ether oxygens (including phenoxy) is 1. The highest BCUT2D eigenvalue weighted by Crippen LogP contribution is 2.58. The summed E-state index contributed by atoms with van der Waals surface area (Å²) in [5.41, 5.74) is 0.916. The number of hydrogen-bond acceptors (Lipinski definition) is 1. The van der Waals surface area contributed by atoms with Gasteiger partial charge in [-0.3, -0.25) is 0 Å². The minimum atomic E-state index is 0.379. The predicted molar refractivity (Wildman–Crippen MR) is 52.2 cm³/mol. The quantitative estimate of drug-likeness (QED) is 0.632. The van der Waals surface area contributed by atoms with Crippen LogP contribution in [-0.4, -0.2) is 12.7 Å². The van der Waals surface area contributed by atoms with Crippen LogP contribution in [-0.2, 0) is 4.74 Å². The Morgan fingerprint density at radius 1 is 1.25 bits per heavy atom. The molecule has 0 unspecified atom stereocenters. The fourth-order valence-electron chi connectivity index (χ4n) is 1.59. The van der Waals surface area contributed by atoms with Gasteiger partial charge >= 0.3 is 0 Å². The van der Waals surface area contributed by atoms with E-state index in [1.54, 1.807) is 0 Å². The van der Waals surface area contributed by atoms with E-state index < -0.39 is 0 Å². The SMILES string of the molecule is CC(C)OCC1(C(C)(C)C)CC1. The van der Waals surface area contributed by atoms with Crippen molar-refractivity contribution in [2.24, 2.45) is 10.8 Å². The molecule has 1 rings (SSSR count). The summed E-state index contributed by atoms with van der Waals surface area (Å²) in [5, 5.41) is 0. The first-order valence-corrected chi connectivity index (χ1v) is 4.99. The maximum Gasteiger partial charge on any atom is 0.0530 e. The summed E-state index contributed by atoms with van der Waals surface area (Å²) >= 11 is 0. The molecule has 1 nitrogen and oxygen atoms in total. The lowest BCUT2D eigenvalue weighted by molar-refractivity contribution is 0.00664. The van der Waals surface area contributed by atoms with Crippen LogP contribution in [0.5, 0.6) is 0 Å². The van der Waals surface area contributed by atoms with E-state index >= 15 is 0 Å². The van der Waals surface area contributed by atoms with Crippen molar-refractivity contribution >= 4 is 0 Å². The Balaban J connectivity index is 2.40. The second kappa shape index (κ2) is 3.02. The molecule has 0 aromatic heterocycles. The Hall–Kier alpha value is -0.0400. The summed E-state index contributed by atoms with van der Waals surface area (Å²) in [4.78, 5) is 0. The molecule has 12 heavy (non-hydrogen) atoms. The van der Waals surface area contributed by atoms with Crippen molar-refractivity contribution < 1.29 is 4.74 Å². The van der Waals surface area contributed by atoms with E-state index in [1.165, 1.54) is 12.8 Å². The van der Waals surface area contributed by atoms with Crippen LogP contribution in [0.2, 0.25) is 0 Å². The third kappa shape index (κ3) is 2.01. The molecular formula is C11H22O. The van der Waals surface area contributed by atoms with Crippen LogP contribution in [0, 0.1) is 10.8 Å². The predicted octanol–water partition coefficient (Wildman–Crippen LogP) is 3.24. The van der Waals surface area contributed by atoms with Crippen molar-refractivity contribution in [2.75, 3.05) is 6.61 Å². The van der Waals surface area contributed by atoms with Crippen LogP contribution in [0.4, 0.5) is 0 Å². The van der Waals surface area contributed by atoms with Gasteiger partial charge in [0, 0.05) is 0 Å². The molecular weight excluding hydrogens is 148 g/mol. The van der Waals surface area contributed by atoms with Gasteiger partial charge in [-0.15, -0.1) is 0 Å². The summed E-state index contributed by atoms with van der Waals surface area (Å²) in [6, 6.07) is 0. The summed E-state index contributed by atoms with van der Waals surface area (Å²) in [6.45, 7) is 12.1. The van der Waals surface area contributed by atoms with Gasteiger partial charge in [0.1, 0.15) is 0 Å². The zero-order valence-corrected chi connectivity index (χ0v) is 9.11. The Labute approximate surface area is 76.5 Å². The molecule has 0 bridgehead atoms. The van der Waals surface area contributed by atoms with Gasteiger partial charge in [0.25, 0.3) is 0 Å². The molecule has 0 aromatic rings. The van der Waals surface area contributed by atoms with E-state index in [0.717, 1.165) is 6.61 Å². The van der Waals surface area contributed by atoms with Crippen LogP contribution < -0.4 is 0 Å². The van der Waals surface area contributed by atoms with Crippen molar-refractivity contribution in [1.29, 1.82) is 0 Å². The smallest absolute Gasteiger partial charge is 0.0530 e. The average molecular weight is 170 g/mol. The molecule has 72 valence electrons. The van der Waals surface area contributed by atoms with Gasteiger partial charge in [-0.1, -0.05) is 20.8 Å². The van der Waals surface area contributed by atoms with E-state index in [2.05, 4.69) is 34.6 Å². The van der Waals surface area contributed by atoms with Crippen molar-refractivity contribution in [2.45, 2.75) is 53.6 Å². The molecule has 0 aliphatic heterocycles. The van der Waals surface area contributed by atoms with Crippen LogP contribution in [0.25, 0.3) is 0 Å². The molecule has 0 saturated heterocycles. The summed E-state index contributed by atoms with van der Waals surface area (Å²) < 4.78 is 5.70. The fraction of sp³-hybridized carbons (Fsp3) is 1.00. The van der Waals surface area contributed by atoms with E-state index in [-0.39, 0.29) is 0 Å². The lowest BCUT2D eigenvalue weighted by Crippen LogP contribution is -2.28. The van der Waals surface area contributed by atoms with E-state index in [0.29, 0.717) is 16.9 Å². The monoisotopic (exact) mass is 170 g/mol. The highest BCUT2D eigenvalue weighted by Gasteiger charge is 2.51. The Kier molecular flexibility index (Phi) is 2.53. The average Bonchev–Trinajstić information content (AvgIpc) is 2.60. The molecule has 0 spiro atoms. The van der Waals surface area contributed by atoms with Gasteiger partial charge in [0.2, 0.25) is 0 Å². The van der Waals surface area contributed by atoms with Crippen molar-refractivity contribution in [3.8, 4) is 0 Å². The first-order chi connectivity index (χ1) is 5.37. The molecule has 0 amide bonds. The van der Waals surface area contributed by atoms with Gasteiger partial charge in [-0.25, -0.2) is 0 Å². The first-order valence-electron chi connectivity index (χ1n) is 4.99. The van der Waals surface area contributed by atoms with Gasteiger partial charge in [-0.05, 0) is 37.5 Å². The van der Waals surface area contributed by atoms with Gasteiger partial charge in [0.05, 0.1) is 12.7 Å². The molecule has 1 aliphatic rings. The summed E-state index contributed by atoms with van der Waals surface area (Å²) in [7, 11) is 0. The van der Waals surface area contributed by atoms with Crippen LogP contribution >= 0.6 is 0 Å². The van der Waals surface area contributed by atoms with Crippen molar-refractivity contribution in [3.63, 3.8) is 0 Å². The zero-order valence-electron chi connectivity index (χ0n) is 9.11. The molecule has 1 heteroatoms. The van der Waals surface area contributed by atoms with E-state index in [1.807, 2.05) is 0 Å². The van der Waals surface area contributed by atoms with Gasteiger partial charge in [0.15, 0.2) is 0 Å². The maximum atomic E-state index is 5.70. The Bertz CT molecular complexity index is 149. The van der Waals surface area contributed by atoms with E-state index in [4.69, 9.17) is 4.74 Å². The molecule has 1 fully saturated rings. The van der Waals surface area contributed by atoms with Crippen LogP contribution in [0.1, 0.15) is 47.5 Å². The highest BCUT2D eigenvalue weighted by atomic mass is 16.5.